The first-order chi connectivity index (χ1) is 9.31. The minimum atomic E-state index is 0.253. The van der Waals surface area contributed by atoms with Crippen LogP contribution in [-0.4, -0.2) is 5.78 Å². The highest BCUT2D eigenvalue weighted by molar-refractivity contribution is 5.89. The Morgan fingerprint density at radius 2 is 1.21 bits per heavy atom. The van der Waals surface area contributed by atoms with Crippen molar-refractivity contribution in [3.8, 4) is 0 Å². The molecule has 0 heterocycles. The van der Waals surface area contributed by atoms with Crippen molar-refractivity contribution >= 4 is 5.78 Å². The molecule has 0 aliphatic rings. The van der Waals surface area contributed by atoms with E-state index in [0.717, 1.165) is 6.42 Å². The van der Waals surface area contributed by atoms with Crippen molar-refractivity contribution in [2.75, 3.05) is 0 Å². The fourth-order valence-electron chi connectivity index (χ4n) is 2.26. The largest absolute Gasteiger partial charge is 0.295 e. The lowest BCUT2D eigenvalue weighted by molar-refractivity contribution is -0.114. The summed E-state index contributed by atoms with van der Waals surface area (Å²) in [6.07, 6.45) is 20.7. The van der Waals surface area contributed by atoms with Crippen LogP contribution in [-0.2, 0) is 4.79 Å². The van der Waals surface area contributed by atoms with Gasteiger partial charge in [0, 0.05) is 6.42 Å². The van der Waals surface area contributed by atoms with Gasteiger partial charge in [0.25, 0.3) is 0 Å². The van der Waals surface area contributed by atoms with E-state index >= 15 is 0 Å². The lowest BCUT2D eigenvalue weighted by Gasteiger charge is -2.01. The Morgan fingerprint density at radius 1 is 0.737 bits per heavy atom. The topological polar surface area (TPSA) is 17.1 Å². The van der Waals surface area contributed by atoms with Gasteiger partial charge >= 0.3 is 0 Å². The Balaban J connectivity index is 3.07. The Kier molecular flexibility index (Phi) is 15.0. The van der Waals surface area contributed by atoms with Gasteiger partial charge in [-0.2, -0.15) is 0 Å². The summed E-state index contributed by atoms with van der Waals surface area (Å²) >= 11 is 0. The molecule has 0 saturated heterocycles. The van der Waals surface area contributed by atoms with Crippen LogP contribution in [0.15, 0.2) is 12.2 Å². The molecule has 0 bridgehead atoms. The molecule has 1 nitrogen and oxygen atoms in total. The molecule has 0 spiro atoms. The zero-order valence-corrected chi connectivity index (χ0v) is 13.3. The van der Waals surface area contributed by atoms with Gasteiger partial charge in [-0.15, -0.1) is 0 Å². The average Bonchev–Trinajstić information content (AvgIpc) is 2.43. The predicted molar refractivity (Wildman–Crippen MR) is 85.5 cm³/mol. The average molecular weight is 266 g/mol. The highest BCUT2D eigenvalue weighted by Gasteiger charge is 1.93. The van der Waals surface area contributed by atoms with Gasteiger partial charge in [-0.25, -0.2) is 0 Å². The van der Waals surface area contributed by atoms with E-state index in [9.17, 15) is 4.79 Å². The van der Waals surface area contributed by atoms with E-state index in [0.29, 0.717) is 6.42 Å². The van der Waals surface area contributed by atoms with Gasteiger partial charge in [0.15, 0.2) is 5.78 Å². The Morgan fingerprint density at radius 3 is 1.68 bits per heavy atom. The lowest BCUT2D eigenvalue weighted by Crippen LogP contribution is -1.86. The van der Waals surface area contributed by atoms with Gasteiger partial charge in [-0.1, -0.05) is 84.1 Å². The van der Waals surface area contributed by atoms with Crippen LogP contribution in [0.3, 0.4) is 0 Å². The van der Waals surface area contributed by atoms with Crippen LogP contribution in [0, 0.1) is 0 Å². The van der Waals surface area contributed by atoms with E-state index in [4.69, 9.17) is 0 Å². The predicted octanol–water partition coefficient (Wildman–Crippen LogP) is 6.22. The molecule has 0 aliphatic heterocycles. The molecule has 1 heteroatoms. The third kappa shape index (κ3) is 15.4. The number of carbonyl (C=O) groups is 1. The van der Waals surface area contributed by atoms with Crippen molar-refractivity contribution in [2.45, 2.75) is 97.3 Å². The van der Waals surface area contributed by atoms with E-state index in [1.807, 2.05) is 13.0 Å². The normalized spacial score (nSPS) is 11.3. The first-order valence-corrected chi connectivity index (χ1v) is 8.50. The summed E-state index contributed by atoms with van der Waals surface area (Å²) in [6, 6.07) is 0. The third-order valence-corrected chi connectivity index (χ3v) is 3.63. The SMILES string of the molecule is CCCCCCCCCCCCCC=CC(=O)CC. The van der Waals surface area contributed by atoms with Crippen molar-refractivity contribution in [2.24, 2.45) is 0 Å². The van der Waals surface area contributed by atoms with E-state index in [1.165, 1.54) is 70.6 Å². The quantitative estimate of drug-likeness (QED) is 0.269. The van der Waals surface area contributed by atoms with Gasteiger partial charge in [-0.3, -0.25) is 4.79 Å². The van der Waals surface area contributed by atoms with Crippen molar-refractivity contribution in [3.05, 3.63) is 12.2 Å². The van der Waals surface area contributed by atoms with Gasteiger partial charge in [0.1, 0.15) is 0 Å². The van der Waals surface area contributed by atoms with Crippen LogP contribution in [0.5, 0.6) is 0 Å². The summed E-state index contributed by atoms with van der Waals surface area (Å²) in [6.45, 7) is 4.18. The maximum absolute atomic E-state index is 11.0. The Labute approximate surface area is 120 Å². The fraction of sp³-hybridized carbons (Fsp3) is 0.833. The van der Waals surface area contributed by atoms with E-state index in [-0.39, 0.29) is 5.78 Å². The lowest BCUT2D eigenvalue weighted by atomic mass is 10.1. The monoisotopic (exact) mass is 266 g/mol. The summed E-state index contributed by atoms with van der Waals surface area (Å²) < 4.78 is 0. The van der Waals surface area contributed by atoms with E-state index in [2.05, 4.69) is 6.92 Å². The number of ketones is 1. The molecule has 0 N–H and O–H groups in total. The summed E-state index contributed by atoms with van der Waals surface area (Å²) in [4.78, 5) is 11.0. The standard InChI is InChI=1S/C18H34O/c1-3-5-6-7-8-9-10-11-12-13-14-15-16-17-18(19)4-2/h16-17H,3-15H2,1-2H3. The summed E-state index contributed by atoms with van der Waals surface area (Å²) in [5.74, 6) is 0.253. The second kappa shape index (κ2) is 15.5. The molecular weight excluding hydrogens is 232 g/mol. The number of rotatable bonds is 14. The first kappa shape index (κ1) is 18.4. The minimum Gasteiger partial charge on any atom is -0.295 e. The molecule has 19 heavy (non-hydrogen) atoms. The first-order valence-electron chi connectivity index (χ1n) is 8.50. The zero-order chi connectivity index (χ0) is 14.2. The van der Waals surface area contributed by atoms with Gasteiger partial charge in [0.05, 0.1) is 0 Å². The van der Waals surface area contributed by atoms with Crippen LogP contribution in [0.1, 0.15) is 97.3 Å². The number of hydrogen-bond donors (Lipinski definition) is 0. The Bertz CT molecular complexity index is 218. The molecule has 0 aliphatic carbocycles. The molecule has 0 aromatic rings. The molecule has 0 aromatic heterocycles. The van der Waals surface area contributed by atoms with Gasteiger partial charge in [0.2, 0.25) is 0 Å². The molecule has 0 fully saturated rings. The maximum Gasteiger partial charge on any atom is 0.155 e. The minimum absolute atomic E-state index is 0.253. The van der Waals surface area contributed by atoms with E-state index in [1.54, 1.807) is 6.08 Å². The van der Waals surface area contributed by atoms with Crippen LogP contribution in [0.25, 0.3) is 0 Å². The van der Waals surface area contributed by atoms with Crippen molar-refractivity contribution < 1.29 is 4.79 Å². The van der Waals surface area contributed by atoms with Crippen LogP contribution in [0.4, 0.5) is 0 Å². The molecule has 0 radical (unpaired) electrons. The van der Waals surface area contributed by atoms with Crippen LogP contribution >= 0.6 is 0 Å². The molecule has 0 rings (SSSR count). The van der Waals surface area contributed by atoms with Gasteiger partial charge in [-0.05, 0) is 18.9 Å². The van der Waals surface area contributed by atoms with Crippen molar-refractivity contribution in [3.63, 3.8) is 0 Å². The fourth-order valence-corrected chi connectivity index (χ4v) is 2.26. The number of allylic oxidation sites excluding steroid dienone is 2. The second-order valence-corrected chi connectivity index (χ2v) is 5.55. The summed E-state index contributed by atoms with van der Waals surface area (Å²) in [5, 5.41) is 0. The number of hydrogen-bond acceptors (Lipinski definition) is 1. The second-order valence-electron chi connectivity index (χ2n) is 5.55. The maximum atomic E-state index is 11.0. The van der Waals surface area contributed by atoms with Crippen molar-refractivity contribution in [1.82, 2.24) is 0 Å². The zero-order valence-electron chi connectivity index (χ0n) is 13.3. The van der Waals surface area contributed by atoms with Crippen LogP contribution < -0.4 is 0 Å². The summed E-state index contributed by atoms with van der Waals surface area (Å²) in [5.41, 5.74) is 0. The van der Waals surface area contributed by atoms with Crippen molar-refractivity contribution in [1.29, 1.82) is 0 Å². The molecular formula is C18H34O. The highest BCUT2D eigenvalue weighted by atomic mass is 16.1. The molecule has 0 aromatic carbocycles. The summed E-state index contributed by atoms with van der Waals surface area (Å²) in [7, 11) is 0. The molecule has 0 unspecified atom stereocenters. The Hall–Kier alpha value is -0.590. The molecule has 0 amide bonds. The van der Waals surface area contributed by atoms with E-state index < -0.39 is 0 Å². The number of unbranched alkanes of at least 4 members (excludes halogenated alkanes) is 11. The third-order valence-electron chi connectivity index (χ3n) is 3.63. The van der Waals surface area contributed by atoms with Crippen LogP contribution in [0.2, 0.25) is 0 Å². The molecule has 0 saturated carbocycles. The molecule has 0 atom stereocenters. The number of carbonyl (C=O) groups excluding carboxylic acids is 1. The smallest absolute Gasteiger partial charge is 0.155 e. The highest BCUT2D eigenvalue weighted by Crippen LogP contribution is 2.11. The molecule has 112 valence electrons. The van der Waals surface area contributed by atoms with Gasteiger partial charge < -0.3 is 0 Å².